The van der Waals surface area contributed by atoms with Gasteiger partial charge in [-0.3, -0.25) is 9.59 Å². The lowest BCUT2D eigenvalue weighted by Crippen LogP contribution is -2.40. The van der Waals surface area contributed by atoms with Crippen molar-refractivity contribution in [3.8, 4) is 0 Å². The van der Waals surface area contributed by atoms with Crippen LogP contribution in [0, 0.1) is 0 Å². The van der Waals surface area contributed by atoms with Crippen molar-refractivity contribution in [3.05, 3.63) is 35.4 Å². The number of ketones is 1. The first-order valence-corrected chi connectivity index (χ1v) is 8.58. The highest BCUT2D eigenvalue weighted by Gasteiger charge is 2.47. The number of piperidine rings is 1. The third-order valence-electron chi connectivity index (χ3n) is 4.25. The van der Waals surface area contributed by atoms with Crippen molar-refractivity contribution in [3.63, 3.8) is 0 Å². The van der Waals surface area contributed by atoms with Gasteiger partial charge in [0.1, 0.15) is 6.10 Å². The number of carboxylic acid groups (broad SMARTS) is 1. The molecule has 1 spiro atoms. The van der Waals surface area contributed by atoms with E-state index in [0.717, 1.165) is 48.8 Å². The van der Waals surface area contributed by atoms with Gasteiger partial charge in [0.05, 0.1) is 17.1 Å². The lowest BCUT2D eigenvalue weighted by molar-refractivity contribution is -0.142. The number of nitrogens with one attached hydrogen (secondary N) is 1. The summed E-state index contributed by atoms with van der Waals surface area (Å²) in [5.74, 6) is -0.844. The zero-order valence-electron chi connectivity index (χ0n) is 12.2. The summed E-state index contributed by atoms with van der Waals surface area (Å²) in [5, 5.41) is 12.0. The van der Waals surface area contributed by atoms with Crippen molar-refractivity contribution in [1.82, 2.24) is 5.32 Å². The van der Waals surface area contributed by atoms with E-state index in [0.29, 0.717) is 0 Å². The molecule has 22 heavy (non-hydrogen) atoms. The van der Waals surface area contributed by atoms with Crippen LogP contribution in [-0.2, 0) is 19.9 Å². The summed E-state index contributed by atoms with van der Waals surface area (Å²) >= 11 is 1.12. The molecule has 2 heterocycles. The standard InChI is InChI=1S/C16H19NO4S/c18-13(9-22-10-14(19)20)15-11-3-1-2-4-12(11)16(21-15)5-7-17-8-6-16/h1-4,15,17H,5-10H2,(H,19,20). The molecular weight excluding hydrogens is 302 g/mol. The minimum absolute atomic E-state index is 0.0471. The Balaban J connectivity index is 1.79. The number of carbonyl (C=O) groups is 2. The molecule has 6 heteroatoms. The Morgan fingerprint density at radius 3 is 2.73 bits per heavy atom. The molecule has 2 aliphatic rings. The third kappa shape index (κ3) is 2.91. The Morgan fingerprint density at radius 1 is 1.27 bits per heavy atom. The van der Waals surface area contributed by atoms with Crippen LogP contribution in [0.25, 0.3) is 0 Å². The molecule has 0 bridgehead atoms. The molecule has 0 radical (unpaired) electrons. The molecule has 0 aromatic heterocycles. The van der Waals surface area contributed by atoms with Gasteiger partial charge < -0.3 is 15.2 Å². The maximum absolute atomic E-state index is 12.5. The summed E-state index contributed by atoms with van der Waals surface area (Å²) in [5.41, 5.74) is 1.71. The van der Waals surface area contributed by atoms with Gasteiger partial charge >= 0.3 is 5.97 Å². The summed E-state index contributed by atoms with van der Waals surface area (Å²) in [6.07, 6.45) is 1.15. The number of hydrogen-bond donors (Lipinski definition) is 2. The largest absolute Gasteiger partial charge is 0.481 e. The smallest absolute Gasteiger partial charge is 0.313 e. The lowest BCUT2D eigenvalue weighted by atomic mass is 9.84. The lowest BCUT2D eigenvalue weighted by Gasteiger charge is -2.34. The molecule has 1 aromatic carbocycles. The van der Waals surface area contributed by atoms with Gasteiger partial charge in [-0.2, -0.15) is 0 Å². The highest BCUT2D eigenvalue weighted by molar-refractivity contribution is 8.00. The van der Waals surface area contributed by atoms with Crippen molar-refractivity contribution >= 4 is 23.5 Å². The fourth-order valence-electron chi connectivity index (χ4n) is 3.26. The van der Waals surface area contributed by atoms with E-state index in [1.807, 2.05) is 18.2 Å². The van der Waals surface area contributed by atoms with Crippen LogP contribution in [0.1, 0.15) is 30.1 Å². The van der Waals surface area contributed by atoms with E-state index < -0.39 is 12.1 Å². The molecular formula is C16H19NO4S. The average Bonchev–Trinajstić information content (AvgIpc) is 2.83. The Hall–Kier alpha value is -1.37. The fraction of sp³-hybridized carbons (Fsp3) is 0.500. The van der Waals surface area contributed by atoms with Gasteiger partial charge in [-0.25, -0.2) is 0 Å². The summed E-state index contributed by atoms with van der Waals surface area (Å²) in [6, 6.07) is 7.92. The minimum atomic E-state index is -0.902. The maximum Gasteiger partial charge on any atom is 0.313 e. The van der Waals surface area contributed by atoms with Gasteiger partial charge in [-0.1, -0.05) is 24.3 Å². The molecule has 118 valence electrons. The number of carbonyl (C=O) groups excluding carboxylic acids is 1. The molecule has 2 aliphatic heterocycles. The van der Waals surface area contributed by atoms with E-state index in [9.17, 15) is 9.59 Å². The molecule has 5 nitrogen and oxygen atoms in total. The first-order valence-electron chi connectivity index (χ1n) is 7.43. The molecule has 1 fully saturated rings. The predicted molar refractivity (Wildman–Crippen MR) is 84.0 cm³/mol. The highest BCUT2D eigenvalue weighted by atomic mass is 32.2. The van der Waals surface area contributed by atoms with E-state index in [1.54, 1.807) is 0 Å². The number of hydrogen-bond acceptors (Lipinski definition) is 5. The second-order valence-electron chi connectivity index (χ2n) is 5.68. The molecule has 0 saturated carbocycles. The van der Waals surface area contributed by atoms with Gasteiger partial charge in [-0.05, 0) is 37.1 Å². The number of ether oxygens (including phenoxy) is 1. The SMILES string of the molecule is O=C(O)CSCC(=O)C1OC2(CCNCC2)c2ccccc21. The van der Waals surface area contributed by atoms with Gasteiger partial charge in [0.15, 0.2) is 5.78 Å². The third-order valence-corrected chi connectivity index (χ3v) is 5.19. The summed E-state index contributed by atoms with van der Waals surface area (Å²) < 4.78 is 6.23. The second kappa shape index (κ2) is 6.40. The summed E-state index contributed by atoms with van der Waals surface area (Å²) in [4.78, 5) is 23.0. The average molecular weight is 321 g/mol. The van der Waals surface area contributed by atoms with Crippen LogP contribution in [-0.4, -0.2) is 41.5 Å². The van der Waals surface area contributed by atoms with Crippen molar-refractivity contribution in [1.29, 1.82) is 0 Å². The predicted octanol–water partition coefficient (Wildman–Crippen LogP) is 1.72. The minimum Gasteiger partial charge on any atom is -0.481 e. The second-order valence-corrected chi connectivity index (χ2v) is 6.67. The van der Waals surface area contributed by atoms with E-state index in [2.05, 4.69) is 11.4 Å². The molecule has 0 aliphatic carbocycles. The monoisotopic (exact) mass is 321 g/mol. The number of benzene rings is 1. The van der Waals surface area contributed by atoms with Crippen molar-refractivity contribution in [2.24, 2.45) is 0 Å². The molecule has 1 aromatic rings. The normalized spacial score (nSPS) is 22.5. The first kappa shape index (κ1) is 15.5. The zero-order chi connectivity index (χ0) is 15.6. The Kier molecular flexibility index (Phi) is 4.52. The van der Waals surface area contributed by atoms with E-state index in [-0.39, 0.29) is 22.9 Å². The fourth-order valence-corrected chi connectivity index (χ4v) is 3.89. The summed E-state index contributed by atoms with van der Waals surface area (Å²) in [6.45, 7) is 1.76. The van der Waals surface area contributed by atoms with Gasteiger partial charge in [0.2, 0.25) is 0 Å². The molecule has 0 amide bonds. The Labute approximate surface area is 133 Å². The van der Waals surface area contributed by atoms with E-state index in [4.69, 9.17) is 9.84 Å². The first-order chi connectivity index (χ1) is 10.6. The molecule has 2 N–H and O–H groups in total. The molecule has 3 rings (SSSR count). The maximum atomic E-state index is 12.5. The topological polar surface area (TPSA) is 75.6 Å². The van der Waals surface area contributed by atoms with Crippen LogP contribution in [0.3, 0.4) is 0 Å². The van der Waals surface area contributed by atoms with E-state index >= 15 is 0 Å². The summed E-state index contributed by atoms with van der Waals surface area (Å²) in [7, 11) is 0. The van der Waals surface area contributed by atoms with Gasteiger partial charge in [-0.15, -0.1) is 11.8 Å². The van der Waals surface area contributed by atoms with Crippen molar-refractivity contribution < 1.29 is 19.4 Å². The quantitative estimate of drug-likeness (QED) is 0.860. The number of thioether (sulfide) groups is 1. The van der Waals surface area contributed by atoms with Crippen LogP contribution in [0.5, 0.6) is 0 Å². The van der Waals surface area contributed by atoms with E-state index in [1.165, 1.54) is 0 Å². The Bertz CT molecular complexity index is 583. The number of aliphatic carboxylic acids is 1. The van der Waals surface area contributed by atoms with Crippen molar-refractivity contribution in [2.75, 3.05) is 24.6 Å². The van der Waals surface area contributed by atoms with Gasteiger partial charge in [0, 0.05) is 0 Å². The number of rotatable bonds is 5. The number of fused-ring (bicyclic) bond motifs is 2. The van der Waals surface area contributed by atoms with Crippen LogP contribution in [0.4, 0.5) is 0 Å². The Morgan fingerprint density at radius 2 is 2.00 bits per heavy atom. The van der Waals surface area contributed by atoms with Crippen LogP contribution in [0.2, 0.25) is 0 Å². The van der Waals surface area contributed by atoms with Gasteiger partial charge in [0.25, 0.3) is 0 Å². The molecule has 1 unspecified atom stereocenters. The van der Waals surface area contributed by atoms with Crippen LogP contribution >= 0.6 is 11.8 Å². The van der Waals surface area contributed by atoms with Crippen molar-refractivity contribution in [2.45, 2.75) is 24.5 Å². The number of Topliss-reactive ketones (excluding diaryl/α,β-unsaturated/α-hetero) is 1. The zero-order valence-corrected chi connectivity index (χ0v) is 13.0. The highest BCUT2D eigenvalue weighted by Crippen LogP contribution is 2.48. The number of carboxylic acids is 1. The molecule has 1 atom stereocenters. The van der Waals surface area contributed by atoms with Crippen LogP contribution in [0.15, 0.2) is 24.3 Å². The molecule has 1 saturated heterocycles. The van der Waals surface area contributed by atoms with Crippen LogP contribution < -0.4 is 5.32 Å².